The molecule has 0 fully saturated rings. The molecule has 0 aliphatic carbocycles. The first-order valence-electron chi connectivity index (χ1n) is 16.5. The zero-order valence-corrected chi connectivity index (χ0v) is 32.9. The summed E-state index contributed by atoms with van der Waals surface area (Å²) in [6, 6.07) is 7.04. The van der Waals surface area contributed by atoms with E-state index in [4.69, 9.17) is 11.6 Å². The molecule has 4 aromatic rings. The summed E-state index contributed by atoms with van der Waals surface area (Å²) in [6.45, 7) is -0.937. The third-order valence-electron chi connectivity index (χ3n) is 8.22. The van der Waals surface area contributed by atoms with Gasteiger partial charge in [-0.2, -0.15) is 18.3 Å². The zero-order chi connectivity index (χ0) is 42.4. The number of alkyl halides is 3. The summed E-state index contributed by atoms with van der Waals surface area (Å²) in [5, 5.41) is 24.9. The van der Waals surface area contributed by atoms with Crippen LogP contribution in [-0.4, -0.2) is 101 Å². The fraction of sp³-hybridized carbons (Fsp3) is 0.333. The molecular formula is C36H34ClF5N6O7S2. The minimum absolute atomic E-state index is 0.00408. The van der Waals surface area contributed by atoms with Crippen LogP contribution in [0.5, 0.6) is 0 Å². The minimum atomic E-state index is -4.89. The van der Waals surface area contributed by atoms with Crippen molar-refractivity contribution in [2.24, 2.45) is 0 Å². The number of nitrogens with zero attached hydrogens (tertiary/aromatic N) is 5. The van der Waals surface area contributed by atoms with Crippen LogP contribution in [0.2, 0.25) is 5.02 Å². The molecule has 0 bridgehead atoms. The van der Waals surface area contributed by atoms with Gasteiger partial charge in [-0.05, 0) is 74.0 Å². The molecule has 0 aliphatic heterocycles. The molecule has 2 heterocycles. The van der Waals surface area contributed by atoms with E-state index in [2.05, 4.69) is 27.2 Å². The number of nitrogens with one attached hydrogen (secondary N) is 1. The number of halogens is 6. The number of pyridine rings is 1. The van der Waals surface area contributed by atoms with Gasteiger partial charge in [-0.15, -0.1) is 0 Å². The maximum Gasteiger partial charge on any atom is 0.408 e. The molecule has 13 nitrogen and oxygen atoms in total. The average molecular weight is 857 g/mol. The van der Waals surface area contributed by atoms with Crippen molar-refractivity contribution in [3.8, 4) is 23.0 Å². The molecule has 2 atom stereocenters. The molecule has 21 heteroatoms. The van der Waals surface area contributed by atoms with E-state index in [9.17, 15) is 55.6 Å². The lowest BCUT2D eigenvalue weighted by Crippen LogP contribution is -2.42. The molecule has 2 aromatic carbocycles. The Morgan fingerprint density at radius 1 is 1.04 bits per heavy atom. The molecule has 3 N–H and O–H groups in total. The van der Waals surface area contributed by atoms with Crippen molar-refractivity contribution in [1.29, 1.82) is 0 Å². The Morgan fingerprint density at radius 2 is 1.65 bits per heavy atom. The molecule has 0 radical (unpaired) electrons. The van der Waals surface area contributed by atoms with Gasteiger partial charge in [0, 0.05) is 40.5 Å². The molecule has 4 rings (SSSR count). The molecule has 0 aliphatic rings. The fourth-order valence-electron chi connectivity index (χ4n) is 5.62. The topological polar surface area (TPSA) is 175 Å². The summed E-state index contributed by atoms with van der Waals surface area (Å²) in [6.07, 6.45) is -2.02. The van der Waals surface area contributed by atoms with Gasteiger partial charge in [0.2, 0.25) is 6.41 Å². The number of anilines is 1. The quantitative estimate of drug-likeness (QED) is 0.0584. The van der Waals surface area contributed by atoms with Crippen LogP contribution in [0.1, 0.15) is 36.8 Å². The van der Waals surface area contributed by atoms with Crippen LogP contribution in [0.25, 0.3) is 22.0 Å². The molecule has 304 valence electrons. The summed E-state index contributed by atoms with van der Waals surface area (Å²) < 4.78 is 83.9. The van der Waals surface area contributed by atoms with E-state index in [1.807, 2.05) is 0 Å². The van der Waals surface area contributed by atoms with E-state index in [1.54, 1.807) is 13.8 Å². The number of hydrogen-bond acceptors (Lipinski definition) is 9. The lowest BCUT2D eigenvalue weighted by atomic mass is 9.94. The lowest BCUT2D eigenvalue weighted by molar-refractivity contribution is -0.143. The van der Waals surface area contributed by atoms with Gasteiger partial charge < -0.3 is 15.5 Å². The maximum atomic E-state index is 14.3. The third kappa shape index (κ3) is 11.5. The highest BCUT2D eigenvalue weighted by atomic mass is 35.5. The highest BCUT2D eigenvalue weighted by Crippen LogP contribution is 2.43. The van der Waals surface area contributed by atoms with Crippen molar-refractivity contribution >= 4 is 75.3 Å². The van der Waals surface area contributed by atoms with Crippen LogP contribution in [0.4, 0.5) is 27.8 Å². The predicted octanol–water partition coefficient (Wildman–Crippen LogP) is 5.21. The molecule has 2 unspecified atom stereocenters. The van der Waals surface area contributed by atoms with Crippen LogP contribution < -0.4 is 9.62 Å². The number of aromatic nitrogens is 3. The second-order valence-electron chi connectivity index (χ2n) is 12.9. The first kappa shape index (κ1) is 44.6. The summed E-state index contributed by atoms with van der Waals surface area (Å²) >= 11 is 7.33. The van der Waals surface area contributed by atoms with Gasteiger partial charge in [0.15, 0.2) is 5.82 Å². The van der Waals surface area contributed by atoms with Crippen molar-refractivity contribution in [3.05, 3.63) is 76.1 Å². The Bertz CT molecular complexity index is 2260. The normalized spacial score (nSPS) is 12.8. The van der Waals surface area contributed by atoms with E-state index in [1.165, 1.54) is 36.8 Å². The van der Waals surface area contributed by atoms with Crippen molar-refractivity contribution in [3.63, 3.8) is 0 Å². The number of aliphatic carboxylic acids is 2. The number of benzene rings is 2. The number of amides is 2. The second kappa shape index (κ2) is 18.4. The first-order valence-corrected chi connectivity index (χ1v) is 19.6. The summed E-state index contributed by atoms with van der Waals surface area (Å²) in [7, 11) is -1.41. The van der Waals surface area contributed by atoms with E-state index >= 15 is 0 Å². The number of rotatable bonds is 16. The number of carbonyl (C=O) groups is 4. The van der Waals surface area contributed by atoms with E-state index in [-0.39, 0.29) is 50.4 Å². The third-order valence-corrected chi connectivity index (χ3v) is 10.8. The number of fused-ring (bicyclic) bond motifs is 1. The number of carbonyl (C=O) groups excluding carboxylic acids is 2. The van der Waals surface area contributed by atoms with E-state index < -0.39 is 89.2 Å². The van der Waals surface area contributed by atoms with Gasteiger partial charge in [0.25, 0.3) is 5.91 Å². The van der Waals surface area contributed by atoms with Crippen LogP contribution >= 0.6 is 23.5 Å². The standard InChI is InChI=1S/C36H34ClF5N6O7S2/c1-35(2,57(4)55)10-9-23-5-6-24(32(44-23)27(43-19-49)13-20-11-21(38)14-22(39)12-20)25-7-8-26(37)31-33(25)47(18-36(40,41)42)45-34(31)48(56-3)28(50)15-46(16-29(51)52)17-30(53)54/h5-8,11-12,14,19,27H,13,15-18H2,1-4H3,(H,43,49)(H,51,52)(H,53,54). The minimum Gasteiger partial charge on any atom is -0.480 e. The first-order chi connectivity index (χ1) is 26.6. The van der Waals surface area contributed by atoms with Crippen LogP contribution in [0.3, 0.4) is 0 Å². The molecule has 2 aromatic heterocycles. The number of carboxylic acids is 2. The molecule has 0 saturated carbocycles. The Hall–Kier alpha value is -5.10. The molecule has 2 amide bonds. The van der Waals surface area contributed by atoms with Gasteiger partial charge in [-0.3, -0.25) is 33.0 Å². The van der Waals surface area contributed by atoms with Gasteiger partial charge in [-0.1, -0.05) is 23.6 Å². The van der Waals surface area contributed by atoms with Crippen LogP contribution in [0.15, 0.2) is 42.5 Å². The monoisotopic (exact) mass is 856 g/mol. The molecular weight excluding hydrogens is 823 g/mol. The lowest BCUT2D eigenvalue weighted by Gasteiger charge is -2.23. The van der Waals surface area contributed by atoms with Crippen molar-refractivity contribution in [2.45, 2.75) is 43.8 Å². The van der Waals surface area contributed by atoms with Gasteiger partial charge in [0.05, 0.1) is 47.3 Å². The molecule has 0 spiro atoms. The summed E-state index contributed by atoms with van der Waals surface area (Å²) in [4.78, 5) is 53.9. The van der Waals surface area contributed by atoms with E-state index in [0.29, 0.717) is 29.1 Å². The molecule has 57 heavy (non-hydrogen) atoms. The van der Waals surface area contributed by atoms with Crippen molar-refractivity contribution in [1.82, 2.24) is 25.0 Å². The van der Waals surface area contributed by atoms with Crippen molar-refractivity contribution < 1.29 is 55.6 Å². The second-order valence-corrected chi connectivity index (χ2v) is 15.9. The maximum absolute atomic E-state index is 14.3. The smallest absolute Gasteiger partial charge is 0.408 e. The Balaban J connectivity index is 2.04. The summed E-state index contributed by atoms with van der Waals surface area (Å²) in [5.41, 5.74) is -0.0303. The Kier molecular flexibility index (Phi) is 14.4. The highest BCUT2D eigenvalue weighted by molar-refractivity contribution is 8.00. The molecule has 0 saturated heterocycles. The van der Waals surface area contributed by atoms with Gasteiger partial charge in [0.1, 0.15) is 28.6 Å². The fourth-order valence-corrected chi connectivity index (χ4v) is 6.62. The van der Waals surface area contributed by atoms with E-state index in [0.717, 1.165) is 21.3 Å². The Morgan fingerprint density at radius 3 is 2.19 bits per heavy atom. The number of hydrogen-bond donors (Lipinski definition) is 3. The van der Waals surface area contributed by atoms with Crippen molar-refractivity contribution in [2.75, 3.05) is 36.5 Å². The largest absolute Gasteiger partial charge is 0.480 e. The van der Waals surface area contributed by atoms with Crippen LogP contribution in [-0.2, 0) is 42.9 Å². The zero-order valence-electron chi connectivity index (χ0n) is 30.5. The highest BCUT2D eigenvalue weighted by Gasteiger charge is 2.34. The SMILES string of the molecule is CSN(C(=O)CN(CC(=O)O)CC(=O)O)c1nn(CC(F)(F)F)c2c(-c3ccc(C#CC(C)(C)S(C)=O)nc3C(Cc3cc(F)cc(F)c3)NC=O)ccc(Cl)c12. The number of carboxylic acid groups (broad SMARTS) is 2. The van der Waals surface area contributed by atoms with Crippen LogP contribution in [0, 0.1) is 23.5 Å². The Labute approximate surface area is 334 Å². The predicted molar refractivity (Wildman–Crippen MR) is 204 cm³/mol. The summed E-state index contributed by atoms with van der Waals surface area (Å²) in [5.74, 6) is -0.350. The average Bonchev–Trinajstić information content (AvgIpc) is 3.44. The van der Waals surface area contributed by atoms with Gasteiger partial charge in [-0.25, -0.2) is 18.1 Å². The van der Waals surface area contributed by atoms with Gasteiger partial charge >= 0.3 is 18.1 Å².